The Morgan fingerprint density at radius 1 is 1.16 bits per heavy atom. The zero-order valence-electron chi connectivity index (χ0n) is 13.3. The number of halogens is 2. The van der Waals surface area contributed by atoms with Crippen LogP contribution in [0.5, 0.6) is 11.5 Å². The van der Waals surface area contributed by atoms with Crippen LogP contribution in [-0.4, -0.2) is 28.8 Å². The predicted molar refractivity (Wildman–Crippen MR) is 95.6 cm³/mol. The van der Waals surface area contributed by atoms with E-state index in [1.54, 1.807) is 0 Å². The standard InChI is InChI=1S/C18H16ClNO4.ClH/c19-14-3-2-12-7-15(18(21)22)20(9-13(12)6-14)8-11-1-4-16-17(5-11)24-10-23-16;/h1-6,15H,7-10H2,(H,21,22);1H. The maximum atomic E-state index is 11.7. The van der Waals surface area contributed by atoms with E-state index in [0.29, 0.717) is 30.3 Å². The molecule has 2 aliphatic heterocycles. The molecule has 25 heavy (non-hydrogen) atoms. The molecule has 0 aliphatic carbocycles. The van der Waals surface area contributed by atoms with Crippen LogP contribution < -0.4 is 9.47 Å². The molecule has 0 aromatic heterocycles. The number of ether oxygens (including phenoxy) is 2. The van der Waals surface area contributed by atoms with Crippen molar-refractivity contribution in [2.24, 2.45) is 0 Å². The molecule has 0 bridgehead atoms. The van der Waals surface area contributed by atoms with Gasteiger partial charge in [-0.05, 0) is 47.4 Å². The summed E-state index contributed by atoms with van der Waals surface area (Å²) in [6.07, 6.45) is 0.479. The number of aliphatic carboxylic acids is 1. The second-order valence-electron chi connectivity index (χ2n) is 6.06. The van der Waals surface area contributed by atoms with Crippen LogP contribution in [0.25, 0.3) is 0 Å². The molecule has 2 heterocycles. The summed E-state index contributed by atoms with van der Waals surface area (Å²) in [5.74, 6) is 0.625. The van der Waals surface area contributed by atoms with Crippen molar-refractivity contribution in [2.45, 2.75) is 25.6 Å². The fraction of sp³-hybridized carbons (Fsp3) is 0.278. The smallest absolute Gasteiger partial charge is 0.321 e. The second-order valence-corrected chi connectivity index (χ2v) is 6.50. The molecule has 0 fully saturated rings. The molecular weight excluding hydrogens is 365 g/mol. The van der Waals surface area contributed by atoms with Gasteiger partial charge in [-0.15, -0.1) is 12.4 Å². The third-order valence-electron chi connectivity index (χ3n) is 4.50. The van der Waals surface area contributed by atoms with Gasteiger partial charge in [-0.25, -0.2) is 0 Å². The topological polar surface area (TPSA) is 59.0 Å². The fourth-order valence-electron chi connectivity index (χ4n) is 3.29. The first-order chi connectivity index (χ1) is 11.6. The first-order valence-corrected chi connectivity index (χ1v) is 8.10. The number of carboxylic acids is 1. The number of rotatable bonds is 3. The number of carboxylic acid groups (broad SMARTS) is 1. The summed E-state index contributed by atoms with van der Waals surface area (Å²) in [5.41, 5.74) is 3.13. The summed E-state index contributed by atoms with van der Waals surface area (Å²) in [6.45, 7) is 1.31. The maximum absolute atomic E-state index is 11.7. The number of benzene rings is 2. The molecule has 7 heteroatoms. The van der Waals surface area contributed by atoms with E-state index >= 15 is 0 Å². The van der Waals surface area contributed by atoms with E-state index in [0.717, 1.165) is 22.4 Å². The summed E-state index contributed by atoms with van der Waals surface area (Å²) in [4.78, 5) is 13.7. The largest absolute Gasteiger partial charge is 0.480 e. The van der Waals surface area contributed by atoms with Gasteiger partial charge < -0.3 is 14.6 Å². The Hall–Kier alpha value is -1.95. The highest BCUT2D eigenvalue weighted by Gasteiger charge is 2.31. The summed E-state index contributed by atoms with van der Waals surface area (Å²) >= 11 is 6.08. The molecule has 0 saturated carbocycles. The number of nitrogens with zero attached hydrogens (tertiary/aromatic N) is 1. The minimum atomic E-state index is -0.809. The lowest BCUT2D eigenvalue weighted by molar-refractivity contribution is -0.144. The lowest BCUT2D eigenvalue weighted by atomic mass is 9.93. The Balaban J connectivity index is 0.00000182. The Morgan fingerprint density at radius 2 is 1.96 bits per heavy atom. The Bertz CT molecular complexity index is 812. The van der Waals surface area contributed by atoms with E-state index in [-0.39, 0.29) is 19.2 Å². The first-order valence-electron chi connectivity index (χ1n) is 7.73. The van der Waals surface area contributed by atoms with Crippen LogP contribution in [0, 0.1) is 0 Å². The lowest BCUT2D eigenvalue weighted by Crippen LogP contribution is -2.45. The van der Waals surface area contributed by atoms with Crippen LogP contribution >= 0.6 is 24.0 Å². The molecule has 1 N–H and O–H groups in total. The van der Waals surface area contributed by atoms with Gasteiger partial charge in [-0.2, -0.15) is 0 Å². The fourth-order valence-corrected chi connectivity index (χ4v) is 3.49. The van der Waals surface area contributed by atoms with Gasteiger partial charge >= 0.3 is 5.97 Å². The summed E-state index contributed by atoms with van der Waals surface area (Å²) in [7, 11) is 0. The van der Waals surface area contributed by atoms with Gasteiger partial charge in [0, 0.05) is 18.1 Å². The highest BCUT2D eigenvalue weighted by molar-refractivity contribution is 6.30. The minimum Gasteiger partial charge on any atom is -0.480 e. The summed E-state index contributed by atoms with van der Waals surface area (Å²) < 4.78 is 10.7. The zero-order chi connectivity index (χ0) is 16.7. The molecule has 2 aromatic rings. The third kappa shape index (κ3) is 3.54. The Morgan fingerprint density at radius 3 is 2.76 bits per heavy atom. The van der Waals surface area contributed by atoms with E-state index in [4.69, 9.17) is 21.1 Å². The van der Waals surface area contributed by atoms with E-state index in [9.17, 15) is 9.90 Å². The zero-order valence-corrected chi connectivity index (χ0v) is 14.8. The molecule has 2 aliphatic rings. The van der Waals surface area contributed by atoms with Crippen molar-refractivity contribution in [3.8, 4) is 11.5 Å². The van der Waals surface area contributed by atoms with Gasteiger partial charge in [-0.3, -0.25) is 9.69 Å². The molecule has 0 saturated heterocycles. The third-order valence-corrected chi connectivity index (χ3v) is 4.74. The Kier molecular flexibility index (Phi) is 5.08. The van der Waals surface area contributed by atoms with Gasteiger partial charge in [0.2, 0.25) is 6.79 Å². The van der Waals surface area contributed by atoms with E-state index in [1.165, 1.54) is 0 Å². The summed E-state index contributed by atoms with van der Waals surface area (Å²) in [6, 6.07) is 10.8. The highest BCUT2D eigenvalue weighted by atomic mass is 35.5. The molecule has 132 valence electrons. The second kappa shape index (κ2) is 7.12. The Labute approximate surface area is 156 Å². The average Bonchev–Trinajstić information content (AvgIpc) is 3.01. The van der Waals surface area contributed by atoms with E-state index < -0.39 is 12.0 Å². The molecule has 0 spiro atoms. The SMILES string of the molecule is Cl.O=C(O)C1Cc2ccc(Cl)cc2CN1Cc1ccc2c(c1)OCO2. The van der Waals surface area contributed by atoms with Crippen LogP contribution in [0.3, 0.4) is 0 Å². The lowest BCUT2D eigenvalue weighted by Gasteiger charge is -2.34. The number of carbonyl (C=O) groups is 1. The van der Waals surface area contributed by atoms with Crippen LogP contribution in [0.15, 0.2) is 36.4 Å². The van der Waals surface area contributed by atoms with Crippen molar-refractivity contribution in [1.82, 2.24) is 4.90 Å². The van der Waals surface area contributed by atoms with Crippen LogP contribution in [-0.2, 0) is 24.3 Å². The van der Waals surface area contributed by atoms with Gasteiger partial charge in [0.15, 0.2) is 11.5 Å². The quantitative estimate of drug-likeness (QED) is 0.881. The highest BCUT2D eigenvalue weighted by Crippen LogP contribution is 2.34. The summed E-state index contributed by atoms with van der Waals surface area (Å²) in [5, 5.41) is 10.3. The molecule has 2 aromatic carbocycles. The first kappa shape index (κ1) is 17.9. The van der Waals surface area contributed by atoms with Gasteiger partial charge in [0.25, 0.3) is 0 Å². The molecule has 1 atom stereocenters. The van der Waals surface area contributed by atoms with Crippen molar-refractivity contribution in [3.05, 3.63) is 58.1 Å². The molecule has 0 amide bonds. The van der Waals surface area contributed by atoms with Crippen LogP contribution in [0.2, 0.25) is 5.02 Å². The minimum absolute atomic E-state index is 0. The van der Waals surface area contributed by atoms with Crippen molar-refractivity contribution in [1.29, 1.82) is 0 Å². The molecule has 4 rings (SSSR count). The molecule has 5 nitrogen and oxygen atoms in total. The van der Waals surface area contributed by atoms with Crippen molar-refractivity contribution in [2.75, 3.05) is 6.79 Å². The molecule has 1 unspecified atom stereocenters. The van der Waals surface area contributed by atoms with Crippen molar-refractivity contribution in [3.63, 3.8) is 0 Å². The van der Waals surface area contributed by atoms with E-state index in [1.807, 2.05) is 41.3 Å². The van der Waals surface area contributed by atoms with Crippen molar-refractivity contribution < 1.29 is 19.4 Å². The average molecular weight is 382 g/mol. The van der Waals surface area contributed by atoms with Gasteiger partial charge in [0.05, 0.1) is 0 Å². The number of hydrogen-bond donors (Lipinski definition) is 1. The normalized spacial score (nSPS) is 18.4. The number of hydrogen-bond acceptors (Lipinski definition) is 4. The van der Waals surface area contributed by atoms with Crippen LogP contribution in [0.1, 0.15) is 16.7 Å². The predicted octanol–water partition coefficient (Wildman–Crippen LogP) is 3.50. The number of fused-ring (bicyclic) bond motifs is 2. The van der Waals surface area contributed by atoms with Crippen molar-refractivity contribution >= 4 is 30.0 Å². The monoisotopic (exact) mass is 381 g/mol. The van der Waals surface area contributed by atoms with Gasteiger partial charge in [0.1, 0.15) is 6.04 Å². The molecule has 0 radical (unpaired) electrons. The van der Waals surface area contributed by atoms with Gasteiger partial charge in [-0.1, -0.05) is 23.7 Å². The molecular formula is C18H17Cl2NO4. The van der Waals surface area contributed by atoms with E-state index in [2.05, 4.69) is 0 Å². The maximum Gasteiger partial charge on any atom is 0.321 e. The van der Waals surface area contributed by atoms with Crippen LogP contribution in [0.4, 0.5) is 0 Å².